The van der Waals surface area contributed by atoms with Gasteiger partial charge in [0.2, 0.25) is 0 Å². The number of hydrogen-bond donors (Lipinski definition) is 1. The minimum Gasteiger partial charge on any atom is -0.482 e. The number of hydrogen-bond acceptors (Lipinski definition) is 5. The fourth-order valence-corrected chi connectivity index (χ4v) is 2.43. The summed E-state index contributed by atoms with van der Waals surface area (Å²) in [7, 11) is 0. The summed E-state index contributed by atoms with van der Waals surface area (Å²) in [5.74, 6) is -0.781. The molecule has 2 aromatic rings. The summed E-state index contributed by atoms with van der Waals surface area (Å²) in [6.07, 6.45) is 0. The van der Waals surface area contributed by atoms with Crippen LogP contribution >= 0.6 is 0 Å². The lowest BCUT2D eigenvalue weighted by molar-refractivity contribution is -0.149. The smallest absolute Gasteiger partial charge is 0.344 e. The van der Waals surface area contributed by atoms with E-state index in [1.54, 1.807) is 24.3 Å². The van der Waals surface area contributed by atoms with Gasteiger partial charge in [-0.25, -0.2) is 4.79 Å². The summed E-state index contributed by atoms with van der Waals surface area (Å²) in [6.45, 7) is 4.53. The van der Waals surface area contributed by atoms with E-state index in [0.29, 0.717) is 17.0 Å². The number of Topliss-reactive ketones (excluding diaryl/α,β-unsaturated/α-hetero) is 1. The van der Waals surface area contributed by atoms with E-state index in [-0.39, 0.29) is 12.4 Å². The number of carbonyl (C=O) groups excluding carboxylic acids is 3. The molecule has 6 heteroatoms. The molecule has 0 atom stereocenters. The molecule has 2 aromatic carbocycles. The average molecular weight is 355 g/mol. The molecule has 0 saturated heterocycles. The third-order valence-electron chi connectivity index (χ3n) is 3.50. The van der Waals surface area contributed by atoms with Gasteiger partial charge in [-0.05, 0) is 56.2 Å². The number of ether oxygens (including phenoxy) is 2. The number of benzene rings is 2. The molecule has 6 nitrogen and oxygen atoms in total. The van der Waals surface area contributed by atoms with Crippen LogP contribution in [0.1, 0.15) is 28.4 Å². The van der Waals surface area contributed by atoms with E-state index in [9.17, 15) is 14.4 Å². The zero-order valence-corrected chi connectivity index (χ0v) is 15.0. The van der Waals surface area contributed by atoms with Crippen LogP contribution in [0.25, 0.3) is 0 Å². The standard InChI is InChI=1S/C20H21NO5/c1-13-8-14(2)10-16(9-13)25-12-20(24)26-11-19(23)21-18-7-5-4-6-17(18)15(3)22/h4-10H,11-12H2,1-3H3,(H,21,23). The maximum atomic E-state index is 11.9. The van der Waals surface area contributed by atoms with Crippen LogP contribution in [0.15, 0.2) is 42.5 Å². The molecule has 0 aliphatic heterocycles. The van der Waals surface area contributed by atoms with E-state index >= 15 is 0 Å². The summed E-state index contributed by atoms with van der Waals surface area (Å²) >= 11 is 0. The molecule has 0 radical (unpaired) electrons. The van der Waals surface area contributed by atoms with Gasteiger partial charge in [0, 0.05) is 5.56 Å². The second-order valence-corrected chi connectivity index (χ2v) is 5.92. The molecule has 0 unspecified atom stereocenters. The Bertz CT molecular complexity index is 808. The Balaban J connectivity index is 1.82. The van der Waals surface area contributed by atoms with Gasteiger partial charge in [0.25, 0.3) is 5.91 Å². The molecule has 0 aliphatic carbocycles. The van der Waals surface area contributed by atoms with Crippen molar-refractivity contribution < 1.29 is 23.9 Å². The van der Waals surface area contributed by atoms with E-state index in [0.717, 1.165) is 11.1 Å². The number of para-hydroxylation sites is 1. The normalized spacial score (nSPS) is 10.1. The van der Waals surface area contributed by atoms with Crippen LogP contribution < -0.4 is 10.1 Å². The largest absolute Gasteiger partial charge is 0.482 e. The van der Waals surface area contributed by atoms with Gasteiger partial charge in [0.05, 0.1) is 5.69 Å². The summed E-state index contributed by atoms with van der Waals surface area (Å²) in [6, 6.07) is 12.2. The Morgan fingerprint density at radius 1 is 0.962 bits per heavy atom. The number of ketones is 1. The van der Waals surface area contributed by atoms with E-state index in [2.05, 4.69) is 5.32 Å². The molecular formula is C20H21NO5. The second-order valence-electron chi connectivity index (χ2n) is 5.92. The van der Waals surface area contributed by atoms with E-state index in [1.807, 2.05) is 32.0 Å². The van der Waals surface area contributed by atoms with E-state index < -0.39 is 18.5 Å². The van der Waals surface area contributed by atoms with Crippen LogP contribution in [-0.4, -0.2) is 30.9 Å². The Morgan fingerprint density at radius 2 is 1.62 bits per heavy atom. The van der Waals surface area contributed by atoms with Crippen molar-refractivity contribution in [3.8, 4) is 5.75 Å². The number of aryl methyl sites for hydroxylation is 2. The lowest BCUT2D eigenvalue weighted by Crippen LogP contribution is -2.24. The lowest BCUT2D eigenvalue weighted by atomic mass is 10.1. The van der Waals surface area contributed by atoms with Gasteiger partial charge in [-0.15, -0.1) is 0 Å². The topological polar surface area (TPSA) is 81.7 Å². The zero-order chi connectivity index (χ0) is 19.1. The van der Waals surface area contributed by atoms with Gasteiger partial charge >= 0.3 is 5.97 Å². The van der Waals surface area contributed by atoms with Crippen LogP contribution in [0.5, 0.6) is 5.75 Å². The Hall–Kier alpha value is -3.15. The highest BCUT2D eigenvalue weighted by Crippen LogP contribution is 2.16. The number of nitrogens with one attached hydrogen (secondary N) is 1. The number of amides is 1. The van der Waals surface area contributed by atoms with E-state index in [4.69, 9.17) is 9.47 Å². The predicted molar refractivity (Wildman–Crippen MR) is 97.4 cm³/mol. The predicted octanol–water partition coefficient (Wildman–Crippen LogP) is 3.07. The number of anilines is 1. The zero-order valence-electron chi connectivity index (χ0n) is 15.0. The molecule has 0 fully saturated rings. The molecule has 2 rings (SSSR count). The molecule has 0 saturated carbocycles. The highest BCUT2D eigenvalue weighted by molar-refractivity contribution is 6.04. The molecule has 1 N–H and O–H groups in total. The van der Waals surface area contributed by atoms with Crippen molar-refractivity contribution in [1.29, 1.82) is 0 Å². The molecule has 1 amide bonds. The quantitative estimate of drug-likeness (QED) is 0.610. The SMILES string of the molecule is CC(=O)c1ccccc1NC(=O)COC(=O)COc1cc(C)cc(C)c1. The van der Waals surface area contributed by atoms with Crippen molar-refractivity contribution in [2.75, 3.05) is 18.5 Å². The summed E-state index contributed by atoms with van der Waals surface area (Å²) < 4.78 is 10.3. The highest BCUT2D eigenvalue weighted by atomic mass is 16.6. The molecule has 0 aromatic heterocycles. The van der Waals surface area contributed by atoms with Gasteiger partial charge in [-0.3, -0.25) is 9.59 Å². The Kier molecular flexibility index (Phi) is 6.49. The minimum atomic E-state index is -0.654. The number of esters is 1. The number of carbonyl (C=O) groups is 3. The van der Waals surface area contributed by atoms with Crippen LogP contribution in [0.4, 0.5) is 5.69 Å². The maximum absolute atomic E-state index is 11.9. The molecule has 136 valence electrons. The molecular weight excluding hydrogens is 334 g/mol. The Morgan fingerprint density at radius 3 is 2.27 bits per heavy atom. The van der Waals surface area contributed by atoms with Gasteiger partial charge in [0.1, 0.15) is 5.75 Å². The Labute approximate surface area is 152 Å². The van der Waals surface area contributed by atoms with Gasteiger partial charge in [-0.1, -0.05) is 18.2 Å². The van der Waals surface area contributed by atoms with Crippen molar-refractivity contribution in [2.45, 2.75) is 20.8 Å². The van der Waals surface area contributed by atoms with Crippen LogP contribution in [-0.2, 0) is 14.3 Å². The molecule has 0 aliphatic rings. The van der Waals surface area contributed by atoms with Gasteiger partial charge in [0.15, 0.2) is 19.0 Å². The summed E-state index contributed by atoms with van der Waals surface area (Å²) in [4.78, 5) is 35.2. The highest BCUT2D eigenvalue weighted by Gasteiger charge is 2.12. The minimum absolute atomic E-state index is 0.167. The van der Waals surface area contributed by atoms with Gasteiger partial charge in [-0.2, -0.15) is 0 Å². The molecule has 0 spiro atoms. The van der Waals surface area contributed by atoms with Crippen LogP contribution in [0.3, 0.4) is 0 Å². The van der Waals surface area contributed by atoms with Crippen molar-refractivity contribution >= 4 is 23.3 Å². The summed E-state index contributed by atoms with van der Waals surface area (Å²) in [5, 5.41) is 2.56. The van der Waals surface area contributed by atoms with E-state index in [1.165, 1.54) is 6.92 Å². The average Bonchev–Trinajstić information content (AvgIpc) is 2.57. The first-order valence-electron chi connectivity index (χ1n) is 8.11. The van der Waals surface area contributed by atoms with Crippen molar-refractivity contribution in [2.24, 2.45) is 0 Å². The fraction of sp³-hybridized carbons (Fsp3) is 0.250. The maximum Gasteiger partial charge on any atom is 0.344 e. The lowest BCUT2D eigenvalue weighted by Gasteiger charge is -2.10. The van der Waals surface area contributed by atoms with Crippen LogP contribution in [0, 0.1) is 13.8 Å². The number of rotatable bonds is 7. The first-order chi connectivity index (χ1) is 12.3. The molecule has 0 bridgehead atoms. The van der Waals surface area contributed by atoms with Crippen LogP contribution in [0.2, 0.25) is 0 Å². The first-order valence-corrected chi connectivity index (χ1v) is 8.11. The van der Waals surface area contributed by atoms with Crippen molar-refractivity contribution in [3.05, 3.63) is 59.2 Å². The monoisotopic (exact) mass is 355 g/mol. The fourth-order valence-electron chi connectivity index (χ4n) is 2.43. The third kappa shape index (κ3) is 5.73. The summed E-state index contributed by atoms with van der Waals surface area (Å²) in [5.41, 5.74) is 2.83. The van der Waals surface area contributed by atoms with Crippen molar-refractivity contribution in [1.82, 2.24) is 0 Å². The molecule has 26 heavy (non-hydrogen) atoms. The second kappa shape index (κ2) is 8.80. The van der Waals surface area contributed by atoms with Gasteiger partial charge < -0.3 is 14.8 Å². The van der Waals surface area contributed by atoms with Crippen molar-refractivity contribution in [3.63, 3.8) is 0 Å². The third-order valence-corrected chi connectivity index (χ3v) is 3.50. The first kappa shape index (κ1) is 19.2. The molecule has 0 heterocycles.